The van der Waals surface area contributed by atoms with Crippen LogP contribution in [0.25, 0.3) is 0 Å². The minimum atomic E-state index is -0.726. The Morgan fingerprint density at radius 1 is 1.47 bits per heavy atom. The standard InChI is InChI=1S/C13H20N2O2/c1-17-9-8-15(11-4-5-11)12(16)13(10-14)6-2-3-7-13/h11H,2-9H2,1H3. The highest BCUT2D eigenvalue weighted by Crippen LogP contribution is 2.41. The number of amides is 1. The zero-order valence-corrected chi connectivity index (χ0v) is 10.4. The SMILES string of the molecule is COCCN(C(=O)C1(C#N)CCCC1)C1CC1. The molecule has 0 aliphatic heterocycles. The molecule has 2 aliphatic carbocycles. The fourth-order valence-electron chi connectivity index (χ4n) is 2.65. The minimum absolute atomic E-state index is 0.0528. The van der Waals surface area contributed by atoms with Crippen molar-refractivity contribution in [1.82, 2.24) is 4.90 Å². The Bertz CT molecular complexity index is 325. The van der Waals surface area contributed by atoms with Crippen LogP contribution in [0.2, 0.25) is 0 Å². The van der Waals surface area contributed by atoms with Crippen molar-refractivity contribution in [3.05, 3.63) is 0 Å². The smallest absolute Gasteiger partial charge is 0.243 e. The van der Waals surface area contributed by atoms with Gasteiger partial charge in [0.2, 0.25) is 5.91 Å². The van der Waals surface area contributed by atoms with E-state index in [2.05, 4.69) is 6.07 Å². The molecular formula is C13H20N2O2. The second kappa shape index (κ2) is 5.05. The number of nitriles is 1. The van der Waals surface area contributed by atoms with E-state index in [1.807, 2.05) is 4.90 Å². The highest BCUT2D eigenvalue weighted by atomic mass is 16.5. The predicted molar refractivity (Wildman–Crippen MR) is 63.1 cm³/mol. The Kier molecular flexibility index (Phi) is 3.68. The fraction of sp³-hybridized carbons (Fsp3) is 0.846. The van der Waals surface area contributed by atoms with E-state index in [0.717, 1.165) is 38.5 Å². The van der Waals surface area contributed by atoms with E-state index < -0.39 is 5.41 Å². The number of hydrogen-bond acceptors (Lipinski definition) is 3. The Morgan fingerprint density at radius 3 is 2.59 bits per heavy atom. The predicted octanol–water partition coefficient (Wildman–Crippen LogP) is 1.71. The average molecular weight is 236 g/mol. The summed E-state index contributed by atoms with van der Waals surface area (Å²) >= 11 is 0. The molecule has 0 spiro atoms. The molecule has 0 unspecified atom stereocenters. The summed E-state index contributed by atoms with van der Waals surface area (Å²) in [6.45, 7) is 1.19. The molecule has 17 heavy (non-hydrogen) atoms. The number of rotatable bonds is 5. The van der Waals surface area contributed by atoms with Crippen LogP contribution in [0.15, 0.2) is 0 Å². The summed E-state index contributed by atoms with van der Waals surface area (Å²) in [5, 5.41) is 9.33. The van der Waals surface area contributed by atoms with Crippen LogP contribution in [0, 0.1) is 16.7 Å². The van der Waals surface area contributed by atoms with E-state index >= 15 is 0 Å². The normalized spacial score (nSPS) is 22.1. The average Bonchev–Trinajstić information content (AvgIpc) is 3.07. The van der Waals surface area contributed by atoms with Crippen LogP contribution < -0.4 is 0 Å². The molecule has 0 N–H and O–H groups in total. The van der Waals surface area contributed by atoms with Crippen LogP contribution in [-0.4, -0.2) is 37.1 Å². The van der Waals surface area contributed by atoms with E-state index in [1.54, 1.807) is 7.11 Å². The van der Waals surface area contributed by atoms with Gasteiger partial charge in [-0.3, -0.25) is 4.79 Å². The van der Waals surface area contributed by atoms with Crippen LogP contribution in [0.4, 0.5) is 0 Å². The van der Waals surface area contributed by atoms with Crippen molar-refractivity contribution < 1.29 is 9.53 Å². The lowest BCUT2D eigenvalue weighted by atomic mass is 9.86. The molecule has 2 fully saturated rings. The molecule has 0 aromatic carbocycles. The third-order valence-corrected chi connectivity index (χ3v) is 3.87. The summed E-state index contributed by atoms with van der Waals surface area (Å²) in [5.74, 6) is 0.0528. The van der Waals surface area contributed by atoms with Crippen LogP contribution in [-0.2, 0) is 9.53 Å². The lowest BCUT2D eigenvalue weighted by molar-refractivity contribution is -0.140. The van der Waals surface area contributed by atoms with Crippen molar-refractivity contribution in [2.45, 2.75) is 44.6 Å². The first-order valence-corrected chi connectivity index (χ1v) is 6.45. The maximum Gasteiger partial charge on any atom is 0.243 e. The molecule has 4 heteroatoms. The second-order valence-electron chi connectivity index (χ2n) is 5.12. The van der Waals surface area contributed by atoms with Crippen molar-refractivity contribution in [3.63, 3.8) is 0 Å². The van der Waals surface area contributed by atoms with E-state index in [0.29, 0.717) is 19.2 Å². The molecule has 4 nitrogen and oxygen atoms in total. The Labute approximate surface area is 103 Å². The number of ether oxygens (including phenoxy) is 1. The largest absolute Gasteiger partial charge is 0.383 e. The van der Waals surface area contributed by atoms with Crippen LogP contribution in [0.1, 0.15) is 38.5 Å². The van der Waals surface area contributed by atoms with Crippen LogP contribution >= 0.6 is 0 Å². The molecule has 94 valence electrons. The molecule has 0 aromatic heterocycles. The van der Waals surface area contributed by atoms with Crippen molar-refractivity contribution in [2.75, 3.05) is 20.3 Å². The summed E-state index contributed by atoms with van der Waals surface area (Å²) in [6.07, 6.45) is 5.63. The third-order valence-electron chi connectivity index (χ3n) is 3.87. The van der Waals surface area contributed by atoms with Gasteiger partial charge in [-0.1, -0.05) is 12.8 Å². The quantitative estimate of drug-likeness (QED) is 0.730. The first kappa shape index (κ1) is 12.4. The van der Waals surface area contributed by atoms with Gasteiger partial charge in [-0.05, 0) is 25.7 Å². The maximum atomic E-state index is 12.5. The molecule has 0 saturated heterocycles. The molecule has 0 radical (unpaired) electrons. The summed E-state index contributed by atoms with van der Waals surface area (Å²) in [4.78, 5) is 14.4. The Morgan fingerprint density at radius 2 is 2.12 bits per heavy atom. The molecule has 2 aliphatic rings. The molecular weight excluding hydrogens is 216 g/mol. The second-order valence-corrected chi connectivity index (χ2v) is 5.12. The van der Waals surface area contributed by atoms with E-state index in [4.69, 9.17) is 4.74 Å². The van der Waals surface area contributed by atoms with Gasteiger partial charge in [-0.25, -0.2) is 0 Å². The lowest BCUT2D eigenvalue weighted by Gasteiger charge is -2.29. The molecule has 2 saturated carbocycles. The van der Waals surface area contributed by atoms with Crippen molar-refractivity contribution in [2.24, 2.45) is 5.41 Å². The zero-order chi connectivity index (χ0) is 12.3. The van der Waals surface area contributed by atoms with Gasteiger partial charge in [0.15, 0.2) is 0 Å². The number of methoxy groups -OCH3 is 1. The number of hydrogen-bond donors (Lipinski definition) is 0. The molecule has 1 amide bonds. The lowest BCUT2D eigenvalue weighted by Crippen LogP contribution is -2.44. The van der Waals surface area contributed by atoms with Gasteiger partial charge in [0.05, 0.1) is 12.7 Å². The maximum absolute atomic E-state index is 12.5. The van der Waals surface area contributed by atoms with Gasteiger partial charge in [0.1, 0.15) is 5.41 Å². The molecule has 0 bridgehead atoms. The third kappa shape index (κ3) is 2.44. The van der Waals surface area contributed by atoms with E-state index in [-0.39, 0.29) is 5.91 Å². The van der Waals surface area contributed by atoms with Gasteiger partial charge in [0.25, 0.3) is 0 Å². The molecule has 0 atom stereocenters. The van der Waals surface area contributed by atoms with Crippen molar-refractivity contribution >= 4 is 5.91 Å². The Balaban J connectivity index is 2.07. The van der Waals surface area contributed by atoms with Gasteiger partial charge < -0.3 is 9.64 Å². The first-order chi connectivity index (χ1) is 8.23. The van der Waals surface area contributed by atoms with Gasteiger partial charge in [-0.15, -0.1) is 0 Å². The fourth-order valence-corrected chi connectivity index (χ4v) is 2.65. The first-order valence-electron chi connectivity index (χ1n) is 6.45. The van der Waals surface area contributed by atoms with Gasteiger partial charge >= 0.3 is 0 Å². The van der Waals surface area contributed by atoms with Crippen molar-refractivity contribution in [3.8, 4) is 6.07 Å². The van der Waals surface area contributed by atoms with Gasteiger partial charge in [-0.2, -0.15) is 5.26 Å². The number of nitrogens with zero attached hydrogens (tertiary/aromatic N) is 2. The topological polar surface area (TPSA) is 53.3 Å². The monoisotopic (exact) mass is 236 g/mol. The molecule has 0 aromatic rings. The summed E-state index contributed by atoms with van der Waals surface area (Å²) < 4.78 is 5.05. The molecule has 2 rings (SSSR count). The minimum Gasteiger partial charge on any atom is -0.383 e. The molecule has 0 heterocycles. The highest BCUT2D eigenvalue weighted by molar-refractivity contribution is 5.86. The van der Waals surface area contributed by atoms with Crippen molar-refractivity contribution in [1.29, 1.82) is 5.26 Å². The summed E-state index contributed by atoms with van der Waals surface area (Å²) in [5.41, 5.74) is -0.726. The summed E-state index contributed by atoms with van der Waals surface area (Å²) in [7, 11) is 1.64. The van der Waals surface area contributed by atoms with Crippen LogP contribution in [0.5, 0.6) is 0 Å². The van der Waals surface area contributed by atoms with E-state index in [1.165, 1.54) is 0 Å². The number of carbonyl (C=O) groups excluding carboxylic acids is 1. The van der Waals surface area contributed by atoms with E-state index in [9.17, 15) is 10.1 Å². The van der Waals surface area contributed by atoms with Crippen LogP contribution in [0.3, 0.4) is 0 Å². The highest BCUT2D eigenvalue weighted by Gasteiger charge is 2.47. The zero-order valence-electron chi connectivity index (χ0n) is 10.4. The number of carbonyl (C=O) groups is 1. The van der Waals surface area contributed by atoms with Gasteiger partial charge in [0, 0.05) is 19.7 Å². The Hall–Kier alpha value is -1.08. The summed E-state index contributed by atoms with van der Waals surface area (Å²) in [6, 6.07) is 2.65.